The highest BCUT2D eigenvalue weighted by molar-refractivity contribution is 9.10. The first-order valence-electron chi connectivity index (χ1n) is 8.10. The van der Waals surface area contributed by atoms with E-state index in [1.807, 2.05) is 36.4 Å². The summed E-state index contributed by atoms with van der Waals surface area (Å²) in [6, 6.07) is 21.5. The maximum atomic E-state index is 12.2. The Balaban J connectivity index is 1.56. The molecule has 0 radical (unpaired) electrons. The van der Waals surface area contributed by atoms with Crippen molar-refractivity contribution in [3.8, 4) is 0 Å². The smallest absolute Gasteiger partial charge is 0.255 e. The van der Waals surface area contributed by atoms with Gasteiger partial charge >= 0.3 is 0 Å². The minimum atomic E-state index is -0.219. The number of nitrogens with one attached hydrogen (secondary N) is 1. The van der Waals surface area contributed by atoms with Crippen LogP contribution in [-0.4, -0.2) is 17.4 Å². The molecule has 0 saturated carbocycles. The predicted molar refractivity (Wildman–Crippen MR) is 115 cm³/mol. The Labute approximate surface area is 175 Å². The van der Waals surface area contributed by atoms with Crippen LogP contribution in [0, 0.1) is 0 Å². The van der Waals surface area contributed by atoms with E-state index in [2.05, 4.69) is 21.2 Å². The first-order chi connectivity index (χ1) is 13.0. The van der Waals surface area contributed by atoms with Gasteiger partial charge in [-0.2, -0.15) is 0 Å². The van der Waals surface area contributed by atoms with Crippen LogP contribution in [0.1, 0.15) is 20.7 Å². The lowest BCUT2D eigenvalue weighted by Gasteiger charge is -2.07. The van der Waals surface area contributed by atoms with Gasteiger partial charge < -0.3 is 5.32 Å². The molecular formula is C21H15BrClNO2S. The summed E-state index contributed by atoms with van der Waals surface area (Å²) in [6.07, 6.45) is 0. The summed E-state index contributed by atoms with van der Waals surface area (Å²) in [5.41, 5.74) is 1.88. The molecule has 0 atom stereocenters. The molecule has 3 nitrogen and oxygen atoms in total. The number of thioether (sulfide) groups is 1. The van der Waals surface area contributed by atoms with Gasteiger partial charge in [-0.3, -0.25) is 9.59 Å². The zero-order valence-electron chi connectivity index (χ0n) is 14.1. The standard InChI is InChI=1S/C21H15BrClNO2S/c22-16-6-4-14(5-7-16)20(25)13-27-19-10-8-18(9-11-19)24-21(26)15-2-1-3-17(23)12-15/h1-12H,13H2,(H,24,26). The molecule has 136 valence electrons. The normalized spacial score (nSPS) is 10.4. The summed E-state index contributed by atoms with van der Waals surface area (Å²) in [7, 11) is 0. The van der Waals surface area contributed by atoms with Gasteiger partial charge in [-0.1, -0.05) is 45.7 Å². The molecule has 1 amide bonds. The van der Waals surface area contributed by atoms with Gasteiger partial charge in [0, 0.05) is 31.2 Å². The number of halogens is 2. The van der Waals surface area contributed by atoms with Gasteiger partial charge in [-0.15, -0.1) is 11.8 Å². The molecule has 0 fully saturated rings. The van der Waals surface area contributed by atoms with Crippen LogP contribution in [0.5, 0.6) is 0 Å². The van der Waals surface area contributed by atoms with Crippen molar-refractivity contribution < 1.29 is 9.59 Å². The average Bonchev–Trinajstić information content (AvgIpc) is 2.68. The first-order valence-corrected chi connectivity index (χ1v) is 10.3. The second kappa shape index (κ2) is 9.22. The van der Waals surface area contributed by atoms with Crippen LogP contribution < -0.4 is 5.32 Å². The molecule has 3 aromatic carbocycles. The van der Waals surface area contributed by atoms with Gasteiger partial charge in [0.05, 0.1) is 5.75 Å². The lowest BCUT2D eigenvalue weighted by molar-refractivity contribution is 0.101. The first kappa shape index (κ1) is 19.7. The van der Waals surface area contributed by atoms with E-state index < -0.39 is 0 Å². The lowest BCUT2D eigenvalue weighted by Crippen LogP contribution is -2.11. The quantitative estimate of drug-likeness (QED) is 0.345. The third kappa shape index (κ3) is 5.70. The Morgan fingerprint density at radius 1 is 0.926 bits per heavy atom. The van der Waals surface area contributed by atoms with E-state index in [4.69, 9.17) is 11.6 Å². The Hall–Kier alpha value is -2.08. The molecule has 0 saturated heterocycles. The Morgan fingerprint density at radius 3 is 2.30 bits per heavy atom. The van der Waals surface area contributed by atoms with Crippen molar-refractivity contribution in [1.82, 2.24) is 0 Å². The second-order valence-electron chi connectivity index (χ2n) is 5.71. The van der Waals surface area contributed by atoms with Crippen LogP contribution in [0.25, 0.3) is 0 Å². The van der Waals surface area contributed by atoms with Crippen molar-refractivity contribution in [3.63, 3.8) is 0 Å². The van der Waals surface area contributed by atoms with Gasteiger partial charge in [0.25, 0.3) is 5.91 Å². The zero-order chi connectivity index (χ0) is 19.2. The number of amides is 1. The fourth-order valence-corrected chi connectivity index (χ4v) is 3.58. The topological polar surface area (TPSA) is 46.2 Å². The number of benzene rings is 3. The van der Waals surface area contributed by atoms with Crippen molar-refractivity contribution in [2.75, 3.05) is 11.1 Å². The summed E-state index contributed by atoms with van der Waals surface area (Å²) < 4.78 is 0.946. The molecule has 3 aromatic rings. The molecule has 0 heterocycles. The predicted octanol–water partition coefficient (Wildman–Crippen LogP) is 6.33. The third-order valence-electron chi connectivity index (χ3n) is 3.74. The van der Waals surface area contributed by atoms with Gasteiger partial charge in [0.2, 0.25) is 0 Å². The van der Waals surface area contributed by atoms with E-state index in [0.29, 0.717) is 27.6 Å². The summed E-state index contributed by atoms with van der Waals surface area (Å²) >= 11 is 10.7. The van der Waals surface area contributed by atoms with Crippen molar-refractivity contribution in [2.45, 2.75) is 4.90 Å². The van der Waals surface area contributed by atoms with Gasteiger partial charge in [-0.25, -0.2) is 0 Å². The van der Waals surface area contributed by atoms with Crippen molar-refractivity contribution in [2.24, 2.45) is 0 Å². The van der Waals surface area contributed by atoms with E-state index in [1.165, 1.54) is 11.8 Å². The molecule has 0 bridgehead atoms. The maximum absolute atomic E-state index is 12.2. The molecule has 6 heteroatoms. The van der Waals surface area contributed by atoms with Gasteiger partial charge in [0.15, 0.2) is 5.78 Å². The molecule has 0 unspecified atom stereocenters. The molecular weight excluding hydrogens is 446 g/mol. The Morgan fingerprint density at radius 2 is 1.63 bits per heavy atom. The minimum Gasteiger partial charge on any atom is -0.322 e. The highest BCUT2D eigenvalue weighted by Gasteiger charge is 2.08. The molecule has 0 spiro atoms. The zero-order valence-corrected chi connectivity index (χ0v) is 17.3. The molecule has 0 aliphatic carbocycles. The van der Waals surface area contributed by atoms with Crippen molar-refractivity contribution in [1.29, 1.82) is 0 Å². The van der Waals surface area contributed by atoms with E-state index in [-0.39, 0.29) is 11.7 Å². The number of ketones is 1. The largest absolute Gasteiger partial charge is 0.322 e. The number of carbonyl (C=O) groups is 2. The van der Waals surface area contributed by atoms with Crippen molar-refractivity contribution in [3.05, 3.63) is 93.4 Å². The van der Waals surface area contributed by atoms with Crippen LogP contribution >= 0.6 is 39.3 Å². The fourth-order valence-electron chi connectivity index (χ4n) is 2.34. The van der Waals surface area contributed by atoms with Gasteiger partial charge in [-0.05, 0) is 54.6 Å². The summed E-state index contributed by atoms with van der Waals surface area (Å²) in [4.78, 5) is 25.4. The Kier molecular flexibility index (Phi) is 6.72. The molecule has 0 aliphatic heterocycles. The lowest BCUT2D eigenvalue weighted by atomic mass is 10.2. The SMILES string of the molecule is O=C(CSc1ccc(NC(=O)c2cccc(Cl)c2)cc1)c1ccc(Br)cc1. The molecule has 1 N–H and O–H groups in total. The summed E-state index contributed by atoms with van der Waals surface area (Å²) in [5.74, 6) is 0.213. The van der Waals surface area contributed by atoms with Crippen LogP contribution in [-0.2, 0) is 0 Å². The van der Waals surface area contributed by atoms with Crippen LogP contribution in [0.15, 0.2) is 82.2 Å². The molecule has 0 aliphatic rings. The van der Waals surface area contributed by atoms with E-state index in [9.17, 15) is 9.59 Å². The number of Topliss-reactive ketones (excluding diaryl/α,β-unsaturated/α-hetero) is 1. The molecule has 27 heavy (non-hydrogen) atoms. The number of hydrogen-bond acceptors (Lipinski definition) is 3. The van der Waals surface area contributed by atoms with Crippen LogP contribution in [0.3, 0.4) is 0 Å². The fraction of sp³-hybridized carbons (Fsp3) is 0.0476. The van der Waals surface area contributed by atoms with Crippen LogP contribution in [0.2, 0.25) is 5.02 Å². The Bertz CT molecular complexity index is 959. The minimum absolute atomic E-state index is 0.0748. The number of anilines is 1. The highest BCUT2D eigenvalue weighted by atomic mass is 79.9. The summed E-state index contributed by atoms with van der Waals surface area (Å²) in [6.45, 7) is 0. The number of carbonyl (C=O) groups excluding carboxylic acids is 2. The van der Waals surface area contributed by atoms with E-state index in [1.54, 1.807) is 36.4 Å². The number of rotatable bonds is 6. The molecule has 3 rings (SSSR count). The van der Waals surface area contributed by atoms with Crippen LogP contribution in [0.4, 0.5) is 5.69 Å². The van der Waals surface area contributed by atoms with E-state index >= 15 is 0 Å². The van der Waals surface area contributed by atoms with E-state index in [0.717, 1.165) is 9.37 Å². The molecule has 0 aromatic heterocycles. The van der Waals surface area contributed by atoms with Crippen molar-refractivity contribution >= 4 is 56.7 Å². The third-order valence-corrected chi connectivity index (χ3v) is 5.51. The summed E-state index contributed by atoms with van der Waals surface area (Å²) in [5, 5.41) is 3.35. The number of hydrogen-bond donors (Lipinski definition) is 1. The maximum Gasteiger partial charge on any atom is 0.255 e. The van der Waals surface area contributed by atoms with Gasteiger partial charge in [0.1, 0.15) is 0 Å². The highest BCUT2D eigenvalue weighted by Crippen LogP contribution is 2.22. The average molecular weight is 461 g/mol. The second-order valence-corrected chi connectivity index (χ2v) is 8.11. The monoisotopic (exact) mass is 459 g/mol.